The number of hydrogen-bond acceptors (Lipinski definition) is 4. The maximum Gasteiger partial charge on any atom is 0.264 e. The molecule has 1 atom stereocenters. The van der Waals surface area contributed by atoms with E-state index in [1.54, 1.807) is 37.3 Å². The molecule has 7 nitrogen and oxygen atoms in total. The quantitative estimate of drug-likeness (QED) is 0.283. The Morgan fingerprint density at radius 1 is 0.897 bits per heavy atom. The van der Waals surface area contributed by atoms with Crippen LogP contribution in [-0.2, 0) is 26.2 Å². The van der Waals surface area contributed by atoms with Crippen LogP contribution in [0.25, 0.3) is 0 Å². The predicted molar refractivity (Wildman–Crippen MR) is 157 cm³/mol. The van der Waals surface area contributed by atoms with E-state index >= 15 is 0 Å². The summed E-state index contributed by atoms with van der Waals surface area (Å²) in [5, 5.41) is 3.58. The van der Waals surface area contributed by atoms with Crippen molar-refractivity contribution in [3.63, 3.8) is 0 Å². The van der Waals surface area contributed by atoms with Gasteiger partial charge in [-0.15, -0.1) is 0 Å². The molecule has 0 aromatic heterocycles. The third kappa shape index (κ3) is 7.58. The first kappa shape index (κ1) is 31.0. The van der Waals surface area contributed by atoms with Crippen LogP contribution in [0.5, 0.6) is 0 Å². The van der Waals surface area contributed by atoms with Crippen molar-refractivity contribution in [2.75, 3.05) is 17.9 Å². The summed E-state index contributed by atoms with van der Waals surface area (Å²) in [6.45, 7) is 2.95. The summed E-state index contributed by atoms with van der Waals surface area (Å²) in [5.74, 6) is -1.02. The lowest BCUT2D eigenvalue weighted by molar-refractivity contribution is -0.140. The summed E-state index contributed by atoms with van der Waals surface area (Å²) in [7, 11) is -2.78. The Morgan fingerprint density at radius 3 is 2.05 bits per heavy atom. The maximum absolute atomic E-state index is 13.9. The summed E-state index contributed by atoms with van der Waals surface area (Å²) >= 11 is 24.6. The van der Waals surface area contributed by atoms with Gasteiger partial charge in [-0.3, -0.25) is 13.9 Å². The van der Waals surface area contributed by atoms with Crippen LogP contribution in [0, 0.1) is 6.92 Å². The number of anilines is 1. The molecule has 1 N–H and O–H groups in total. The molecular formula is C27H27Cl4N3O4S. The van der Waals surface area contributed by atoms with Crippen molar-refractivity contribution in [3.05, 3.63) is 91.9 Å². The van der Waals surface area contributed by atoms with Gasteiger partial charge in [-0.2, -0.15) is 0 Å². The van der Waals surface area contributed by atoms with Crippen molar-refractivity contribution in [2.24, 2.45) is 0 Å². The summed E-state index contributed by atoms with van der Waals surface area (Å²) in [6, 6.07) is 14.5. The molecule has 39 heavy (non-hydrogen) atoms. The summed E-state index contributed by atoms with van der Waals surface area (Å²) in [6.07, 6.45) is 0.278. The van der Waals surface area contributed by atoms with E-state index in [-0.39, 0.29) is 38.6 Å². The van der Waals surface area contributed by atoms with Gasteiger partial charge < -0.3 is 10.2 Å². The van der Waals surface area contributed by atoms with E-state index in [0.717, 1.165) is 9.87 Å². The number of nitrogens with zero attached hydrogens (tertiary/aromatic N) is 2. The molecular weight excluding hydrogens is 604 g/mol. The van der Waals surface area contributed by atoms with Crippen LogP contribution in [0.2, 0.25) is 20.1 Å². The molecule has 0 radical (unpaired) electrons. The Balaban J connectivity index is 2.10. The van der Waals surface area contributed by atoms with Gasteiger partial charge in [0.05, 0.1) is 20.6 Å². The van der Waals surface area contributed by atoms with E-state index in [0.29, 0.717) is 10.6 Å². The number of rotatable bonds is 10. The molecule has 3 aromatic carbocycles. The standard InChI is InChI=1S/C27H27Cl4N3O4S/c1-4-25(27(36)32-3)33(15-18-7-10-23(30)24(31)11-18)26(35)16-34(21-13-19(28)12-20(29)14-21)39(37,38)22-8-5-17(2)6-9-22/h5-14,25H,4,15-16H2,1-3H3,(H,32,36)/t25-/m0/s1. The molecule has 0 unspecified atom stereocenters. The molecule has 12 heteroatoms. The normalized spacial score (nSPS) is 12.1. The fraction of sp³-hybridized carbons (Fsp3) is 0.259. The molecule has 0 fully saturated rings. The minimum Gasteiger partial charge on any atom is -0.357 e. The molecule has 0 saturated heterocycles. The highest BCUT2D eigenvalue weighted by atomic mass is 35.5. The minimum atomic E-state index is -4.25. The van der Waals surface area contributed by atoms with Crippen LogP contribution in [0.4, 0.5) is 5.69 Å². The SMILES string of the molecule is CC[C@@H](C(=O)NC)N(Cc1ccc(Cl)c(Cl)c1)C(=O)CN(c1cc(Cl)cc(Cl)c1)S(=O)(=O)c1ccc(C)cc1. The van der Waals surface area contributed by atoms with Gasteiger partial charge in [0.1, 0.15) is 12.6 Å². The molecule has 0 bridgehead atoms. The van der Waals surface area contributed by atoms with Gasteiger partial charge in [-0.1, -0.05) is 77.1 Å². The maximum atomic E-state index is 13.9. The third-order valence-electron chi connectivity index (χ3n) is 5.99. The van der Waals surface area contributed by atoms with Gasteiger partial charge in [0.15, 0.2) is 0 Å². The Morgan fingerprint density at radius 2 is 1.51 bits per heavy atom. The fourth-order valence-corrected chi connectivity index (χ4v) is 6.20. The number of nitrogens with one attached hydrogen (secondary N) is 1. The molecule has 2 amide bonds. The smallest absolute Gasteiger partial charge is 0.264 e. The molecule has 3 rings (SSSR count). The van der Waals surface area contributed by atoms with Crippen molar-refractivity contribution >= 4 is 73.9 Å². The monoisotopic (exact) mass is 629 g/mol. The zero-order valence-electron chi connectivity index (χ0n) is 21.4. The number of likely N-dealkylation sites (N-methyl/N-ethyl adjacent to an activating group) is 1. The van der Waals surface area contributed by atoms with Crippen molar-refractivity contribution in [3.8, 4) is 0 Å². The first-order valence-corrected chi connectivity index (χ1v) is 14.8. The molecule has 0 aliphatic rings. The highest BCUT2D eigenvalue weighted by Crippen LogP contribution is 2.31. The lowest BCUT2D eigenvalue weighted by atomic mass is 10.1. The van der Waals surface area contributed by atoms with Crippen LogP contribution in [0.3, 0.4) is 0 Å². The Labute approximate surface area is 248 Å². The predicted octanol–water partition coefficient (Wildman–Crippen LogP) is 6.36. The second-order valence-electron chi connectivity index (χ2n) is 8.76. The number of aryl methyl sites for hydroxylation is 1. The first-order chi connectivity index (χ1) is 18.4. The first-order valence-electron chi connectivity index (χ1n) is 11.9. The molecule has 0 saturated carbocycles. The Kier molecular flexibility index (Phi) is 10.5. The fourth-order valence-electron chi connectivity index (χ4n) is 3.97. The average molecular weight is 631 g/mol. The van der Waals surface area contributed by atoms with Crippen LogP contribution < -0.4 is 9.62 Å². The molecule has 3 aromatic rings. The van der Waals surface area contributed by atoms with Crippen molar-refractivity contribution in [2.45, 2.75) is 37.8 Å². The number of benzene rings is 3. The van der Waals surface area contributed by atoms with E-state index in [1.807, 2.05) is 6.92 Å². The zero-order chi connectivity index (χ0) is 28.9. The molecule has 208 valence electrons. The molecule has 0 heterocycles. The van der Waals surface area contributed by atoms with Gasteiger partial charge in [0.2, 0.25) is 11.8 Å². The van der Waals surface area contributed by atoms with Crippen LogP contribution in [0.1, 0.15) is 24.5 Å². The van der Waals surface area contributed by atoms with Crippen molar-refractivity contribution in [1.82, 2.24) is 10.2 Å². The van der Waals surface area contributed by atoms with Gasteiger partial charge in [0, 0.05) is 23.6 Å². The second kappa shape index (κ2) is 13.2. The second-order valence-corrected chi connectivity index (χ2v) is 12.3. The van der Waals surface area contributed by atoms with E-state index in [1.165, 1.54) is 42.3 Å². The minimum absolute atomic E-state index is 0.0175. The molecule has 0 spiro atoms. The van der Waals surface area contributed by atoms with E-state index < -0.39 is 34.4 Å². The number of hydrogen-bond donors (Lipinski definition) is 1. The molecule has 0 aliphatic heterocycles. The van der Waals surface area contributed by atoms with Gasteiger partial charge in [-0.25, -0.2) is 8.42 Å². The lowest BCUT2D eigenvalue weighted by Gasteiger charge is -2.33. The third-order valence-corrected chi connectivity index (χ3v) is 8.96. The van der Waals surface area contributed by atoms with E-state index in [2.05, 4.69) is 5.32 Å². The highest BCUT2D eigenvalue weighted by molar-refractivity contribution is 7.92. The highest BCUT2D eigenvalue weighted by Gasteiger charge is 2.33. The number of sulfonamides is 1. The average Bonchev–Trinajstić information content (AvgIpc) is 2.88. The van der Waals surface area contributed by atoms with Gasteiger partial charge in [-0.05, 0) is 61.4 Å². The number of carbonyl (C=O) groups is 2. The summed E-state index contributed by atoms with van der Waals surface area (Å²) < 4.78 is 28.6. The summed E-state index contributed by atoms with van der Waals surface area (Å²) in [5.41, 5.74) is 1.58. The van der Waals surface area contributed by atoms with Crippen LogP contribution in [-0.4, -0.2) is 44.8 Å². The van der Waals surface area contributed by atoms with E-state index in [9.17, 15) is 18.0 Å². The van der Waals surface area contributed by atoms with Crippen LogP contribution >= 0.6 is 46.4 Å². The largest absolute Gasteiger partial charge is 0.357 e. The van der Waals surface area contributed by atoms with E-state index in [4.69, 9.17) is 46.4 Å². The zero-order valence-corrected chi connectivity index (χ0v) is 25.3. The number of carbonyl (C=O) groups excluding carboxylic acids is 2. The van der Waals surface area contributed by atoms with Gasteiger partial charge in [0.25, 0.3) is 10.0 Å². The topological polar surface area (TPSA) is 86.8 Å². The molecule has 0 aliphatic carbocycles. The Hall–Kier alpha value is -2.49. The number of halogens is 4. The lowest BCUT2D eigenvalue weighted by Crippen LogP contribution is -2.51. The van der Waals surface area contributed by atoms with Crippen LogP contribution in [0.15, 0.2) is 65.6 Å². The van der Waals surface area contributed by atoms with Crippen molar-refractivity contribution in [1.29, 1.82) is 0 Å². The van der Waals surface area contributed by atoms with Gasteiger partial charge >= 0.3 is 0 Å². The number of amides is 2. The Bertz CT molecular complexity index is 1450. The summed E-state index contributed by atoms with van der Waals surface area (Å²) in [4.78, 5) is 28.0. The van der Waals surface area contributed by atoms with Crippen molar-refractivity contribution < 1.29 is 18.0 Å².